The van der Waals surface area contributed by atoms with Crippen LogP contribution in [0.15, 0.2) is 22.6 Å². The lowest BCUT2D eigenvalue weighted by atomic mass is 10.1. The Labute approximate surface area is 86.9 Å². The van der Waals surface area contributed by atoms with Crippen LogP contribution in [0.1, 0.15) is 21.7 Å². The third-order valence-corrected chi connectivity index (χ3v) is 2.33. The molecule has 74 valence electrons. The predicted molar refractivity (Wildman–Crippen MR) is 57.4 cm³/mol. The molecule has 2 rings (SSSR count). The van der Waals surface area contributed by atoms with Gasteiger partial charge in [-0.05, 0) is 19.1 Å². The molecule has 1 amide bonds. The highest BCUT2D eigenvalue weighted by Gasteiger charge is 2.16. The summed E-state index contributed by atoms with van der Waals surface area (Å²) in [6.07, 6.45) is 5.36. The molecule has 0 bridgehead atoms. The van der Waals surface area contributed by atoms with Crippen LogP contribution in [0.25, 0.3) is 11.0 Å². The van der Waals surface area contributed by atoms with Crippen LogP contribution in [-0.4, -0.2) is 5.91 Å². The third-order valence-electron chi connectivity index (χ3n) is 2.33. The summed E-state index contributed by atoms with van der Waals surface area (Å²) in [7, 11) is 0. The van der Waals surface area contributed by atoms with Crippen molar-refractivity contribution < 1.29 is 9.21 Å². The number of furan rings is 1. The molecule has 0 spiro atoms. The molecule has 0 aliphatic carbocycles. The number of nitrogens with two attached hydrogens (primary N) is 1. The first kappa shape index (κ1) is 9.35. The highest BCUT2D eigenvalue weighted by Crippen LogP contribution is 2.27. The number of carbonyl (C=O) groups is 1. The Hall–Kier alpha value is -2.21. The second-order valence-electron chi connectivity index (χ2n) is 3.24. The summed E-state index contributed by atoms with van der Waals surface area (Å²) in [6, 6.07) is 5.34. The molecular formula is C12H9NO2. The minimum absolute atomic E-state index is 0.174. The van der Waals surface area contributed by atoms with Gasteiger partial charge in [-0.1, -0.05) is 12.0 Å². The first-order chi connectivity index (χ1) is 7.15. The van der Waals surface area contributed by atoms with Crippen molar-refractivity contribution in [2.45, 2.75) is 6.92 Å². The minimum Gasteiger partial charge on any atom is -0.451 e. The maximum Gasteiger partial charge on any atom is 0.284 e. The standard InChI is InChI=1S/C12H9NO2/c1-3-8-5-4-6-9-10(8)7(2)11(15-9)12(13)14/h1,4-6H,2H3,(H2,13,14). The van der Waals surface area contributed by atoms with Crippen LogP contribution in [0.3, 0.4) is 0 Å². The Morgan fingerprint density at radius 2 is 2.27 bits per heavy atom. The number of benzene rings is 1. The van der Waals surface area contributed by atoms with Gasteiger partial charge in [0.25, 0.3) is 5.91 Å². The molecule has 0 aliphatic heterocycles. The van der Waals surface area contributed by atoms with E-state index >= 15 is 0 Å². The Morgan fingerprint density at radius 3 is 2.87 bits per heavy atom. The van der Waals surface area contributed by atoms with Gasteiger partial charge in [0, 0.05) is 16.5 Å². The largest absolute Gasteiger partial charge is 0.451 e. The molecule has 1 aromatic heterocycles. The zero-order valence-corrected chi connectivity index (χ0v) is 8.20. The van der Waals surface area contributed by atoms with Crippen molar-refractivity contribution in [2.75, 3.05) is 0 Å². The van der Waals surface area contributed by atoms with Crippen LogP contribution in [0.5, 0.6) is 0 Å². The number of carbonyl (C=O) groups excluding carboxylic acids is 1. The van der Waals surface area contributed by atoms with E-state index < -0.39 is 5.91 Å². The molecule has 15 heavy (non-hydrogen) atoms. The van der Waals surface area contributed by atoms with Crippen LogP contribution in [0, 0.1) is 19.3 Å². The fraction of sp³-hybridized carbons (Fsp3) is 0.0833. The van der Waals surface area contributed by atoms with Crippen molar-refractivity contribution in [3.63, 3.8) is 0 Å². The van der Waals surface area contributed by atoms with E-state index in [9.17, 15) is 4.79 Å². The Bertz CT molecular complexity index is 587. The molecule has 1 aromatic carbocycles. The molecule has 0 atom stereocenters. The number of hydrogen-bond donors (Lipinski definition) is 1. The van der Waals surface area contributed by atoms with Crippen LogP contribution in [-0.2, 0) is 0 Å². The average Bonchev–Trinajstić information content (AvgIpc) is 2.56. The molecular weight excluding hydrogens is 190 g/mol. The third kappa shape index (κ3) is 1.27. The lowest BCUT2D eigenvalue weighted by Crippen LogP contribution is -2.10. The number of terminal acetylenes is 1. The van der Waals surface area contributed by atoms with Crippen molar-refractivity contribution in [3.8, 4) is 12.3 Å². The molecule has 0 saturated heterocycles. The smallest absolute Gasteiger partial charge is 0.284 e. The fourth-order valence-corrected chi connectivity index (χ4v) is 1.66. The second kappa shape index (κ2) is 3.18. The normalized spacial score (nSPS) is 10.1. The average molecular weight is 199 g/mol. The van der Waals surface area contributed by atoms with Crippen LogP contribution < -0.4 is 5.73 Å². The summed E-state index contributed by atoms with van der Waals surface area (Å²) in [5.41, 5.74) is 7.19. The topological polar surface area (TPSA) is 56.2 Å². The van der Waals surface area contributed by atoms with Crippen molar-refractivity contribution in [2.24, 2.45) is 5.73 Å². The van der Waals surface area contributed by atoms with Crippen molar-refractivity contribution in [1.82, 2.24) is 0 Å². The van der Waals surface area contributed by atoms with Gasteiger partial charge in [-0.2, -0.15) is 0 Å². The van der Waals surface area contributed by atoms with Gasteiger partial charge < -0.3 is 10.2 Å². The quantitative estimate of drug-likeness (QED) is 0.712. The minimum atomic E-state index is -0.577. The number of rotatable bonds is 1. The van der Waals surface area contributed by atoms with Crippen molar-refractivity contribution >= 4 is 16.9 Å². The molecule has 0 fully saturated rings. The maximum absolute atomic E-state index is 11.1. The number of aryl methyl sites for hydroxylation is 1. The van der Waals surface area contributed by atoms with Crippen molar-refractivity contribution in [3.05, 3.63) is 35.1 Å². The van der Waals surface area contributed by atoms with Gasteiger partial charge in [-0.3, -0.25) is 4.79 Å². The van der Waals surface area contributed by atoms with Gasteiger partial charge in [-0.25, -0.2) is 0 Å². The monoisotopic (exact) mass is 199 g/mol. The molecule has 0 aliphatic rings. The van der Waals surface area contributed by atoms with E-state index in [1.807, 2.05) is 0 Å². The van der Waals surface area contributed by atoms with E-state index in [2.05, 4.69) is 5.92 Å². The van der Waals surface area contributed by atoms with E-state index in [-0.39, 0.29) is 5.76 Å². The summed E-state index contributed by atoms with van der Waals surface area (Å²) in [5, 5.41) is 0.786. The zero-order valence-electron chi connectivity index (χ0n) is 8.20. The van der Waals surface area contributed by atoms with Crippen molar-refractivity contribution in [1.29, 1.82) is 0 Å². The van der Waals surface area contributed by atoms with Gasteiger partial charge in [0.05, 0.1) is 0 Å². The Kier molecular flexibility index (Phi) is 1.98. The van der Waals surface area contributed by atoms with E-state index in [1.54, 1.807) is 25.1 Å². The molecule has 3 nitrogen and oxygen atoms in total. The zero-order chi connectivity index (χ0) is 11.0. The maximum atomic E-state index is 11.1. The summed E-state index contributed by atoms with van der Waals surface area (Å²) < 4.78 is 5.33. The van der Waals surface area contributed by atoms with Crippen LogP contribution >= 0.6 is 0 Å². The van der Waals surface area contributed by atoms with Crippen LogP contribution in [0.4, 0.5) is 0 Å². The van der Waals surface area contributed by atoms with E-state index in [1.165, 1.54) is 0 Å². The highest BCUT2D eigenvalue weighted by molar-refractivity contribution is 5.99. The number of primary amides is 1. The van der Waals surface area contributed by atoms with Gasteiger partial charge in [0.2, 0.25) is 0 Å². The predicted octanol–water partition coefficient (Wildman–Crippen LogP) is 1.82. The van der Waals surface area contributed by atoms with E-state index in [4.69, 9.17) is 16.6 Å². The van der Waals surface area contributed by atoms with E-state index in [0.717, 1.165) is 5.39 Å². The molecule has 2 aromatic rings. The second-order valence-corrected chi connectivity index (χ2v) is 3.24. The molecule has 3 heteroatoms. The fourth-order valence-electron chi connectivity index (χ4n) is 1.66. The number of amides is 1. The number of hydrogen-bond acceptors (Lipinski definition) is 2. The molecule has 2 N–H and O–H groups in total. The Morgan fingerprint density at radius 1 is 1.53 bits per heavy atom. The van der Waals surface area contributed by atoms with E-state index in [0.29, 0.717) is 16.7 Å². The molecule has 0 unspecified atom stereocenters. The van der Waals surface area contributed by atoms with Crippen LogP contribution in [0.2, 0.25) is 0 Å². The lowest BCUT2D eigenvalue weighted by molar-refractivity contribution is 0.0975. The number of fused-ring (bicyclic) bond motifs is 1. The summed E-state index contributed by atoms with van der Waals surface area (Å²) in [6.45, 7) is 1.77. The molecule has 1 heterocycles. The first-order valence-electron chi connectivity index (χ1n) is 4.43. The summed E-state index contributed by atoms with van der Waals surface area (Å²) in [4.78, 5) is 11.1. The SMILES string of the molecule is C#Cc1cccc2oc(C(N)=O)c(C)c12. The molecule has 0 saturated carbocycles. The first-order valence-corrected chi connectivity index (χ1v) is 4.43. The summed E-state index contributed by atoms with van der Waals surface area (Å²) in [5.74, 6) is 2.15. The van der Waals surface area contributed by atoms with Gasteiger partial charge >= 0.3 is 0 Å². The Balaban J connectivity index is 2.90. The lowest BCUT2D eigenvalue weighted by Gasteiger charge is -1.93. The van der Waals surface area contributed by atoms with Gasteiger partial charge in [0.1, 0.15) is 5.58 Å². The molecule has 0 radical (unpaired) electrons. The summed E-state index contributed by atoms with van der Waals surface area (Å²) >= 11 is 0. The highest BCUT2D eigenvalue weighted by atomic mass is 16.3. The van der Waals surface area contributed by atoms with Gasteiger partial charge in [-0.15, -0.1) is 6.42 Å². The van der Waals surface area contributed by atoms with Gasteiger partial charge in [0.15, 0.2) is 5.76 Å².